The quantitative estimate of drug-likeness (QED) is 0.781. The third-order valence-corrected chi connectivity index (χ3v) is 4.51. The third-order valence-electron chi connectivity index (χ3n) is 4.26. The first kappa shape index (κ1) is 12.9. The van der Waals surface area contributed by atoms with Gasteiger partial charge in [0.05, 0.1) is 25.2 Å². The van der Waals surface area contributed by atoms with Crippen molar-refractivity contribution in [1.82, 2.24) is 0 Å². The lowest BCUT2D eigenvalue weighted by atomic mass is 9.79. The van der Waals surface area contributed by atoms with Crippen LogP contribution in [0.15, 0.2) is 24.3 Å². The molecule has 1 unspecified atom stereocenters. The minimum atomic E-state index is -0.190. The van der Waals surface area contributed by atoms with Crippen molar-refractivity contribution in [2.45, 2.75) is 37.4 Å². The summed E-state index contributed by atoms with van der Waals surface area (Å²) in [6, 6.07) is 7.77. The highest BCUT2D eigenvalue weighted by atomic mass is 35.5. The molecule has 2 heterocycles. The summed E-state index contributed by atoms with van der Waals surface area (Å²) in [4.78, 5) is 12.1. The number of esters is 1. The summed E-state index contributed by atoms with van der Waals surface area (Å²) in [6.07, 6.45) is 3.17. The Morgan fingerprint density at radius 1 is 1.32 bits per heavy atom. The van der Waals surface area contributed by atoms with Crippen LogP contribution in [-0.4, -0.2) is 25.3 Å². The monoisotopic (exact) mass is 280 g/mol. The van der Waals surface area contributed by atoms with Crippen LogP contribution >= 0.6 is 11.6 Å². The summed E-state index contributed by atoms with van der Waals surface area (Å²) in [5, 5.41) is 0.716. The van der Waals surface area contributed by atoms with Crippen molar-refractivity contribution in [2.75, 3.05) is 7.11 Å². The first-order valence-electron chi connectivity index (χ1n) is 6.68. The molecular formula is C15H17ClO3. The molecule has 19 heavy (non-hydrogen) atoms. The van der Waals surface area contributed by atoms with Crippen molar-refractivity contribution in [1.29, 1.82) is 0 Å². The van der Waals surface area contributed by atoms with Gasteiger partial charge in [-0.15, -0.1) is 0 Å². The molecule has 0 aromatic heterocycles. The lowest BCUT2D eigenvalue weighted by molar-refractivity contribution is -0.156. The maximum Gasteiger partial charge on any atom is 0.311 e. The van der Waals surface area contributed by atoms with Gasteiger partial charge in [-0.2, -0.15) is 0 Å². The Morgan fingerprint density at radius 3 is 2.74 bits per heavy atom. The van der Waals surface area contributed by atoms with Crippen molar-refractivity contribution < 1.29 is 14.3 Å². The molecule has 4 heteroatoms. The predicted molar refractivity (Wildman–Crippen MR) is 72.2 cm³/mol. The molecule has 0 N–H and O–H groups in total. The van der Waals surface area contributed by atoms with Gasteiger partial charge in [0.2, 0.25) is 0 Å². The molecule has 4 atom stereocenters. The fourth-order valence-corrected chi connectivity index (χ4v) is 3.49. The molecule has 2 aliphatic heterocycles. The molecule has 0 amide bonds. The van der Waals surface area contributed by atoms with E-state index in [1.54, 1.807) is 0 Å². The standard InChI is InChI=1S/C15H17ClO3/c1-18-15(17)14-12(8-11-6-7-13(14)19-11)9-2-4-10(16)5-3-9/h2-5,11-14H,6-8H2,1H3/t11?,12-,13-,14-/m0/s1. The molecule has 2 aliphatic rings. The van der Waals surface area contributed by atoms with Gasteiger partial charge in [0.25, 0.3) is 0 Å². The van der Waals surface area contributed by atoms with Crippen LogP contribution in [0, 0.1) is 5.92 Å². The Hall–Kier alpha value is -1.06. The van der Waals surface area contributed by atoms with Crippen LogP contribution < -0.4 is 0 Å². The summed E-state index contributed by atoms with van der Waals surface area (Å²) >= 11 is 5.93. The maximum atomic E-state index is 12.1. The summed E-state index contributed by atoms with van der Waals surface area (Å²) in [5.74, 6) is -0.175. The van der Waals surface area contributed by atoms with Gasteiger partial charge in [-0.05, 0) is 37.0 Å². The van der Waals surface area contributed by atoms with Gasteiger partial charge in [-0.3, -0.25) is 4.79 Å². The molecule has 2 bridgehead atoms. The second-order valence-electron chi connectivity index (χ2n) is 5.32. The largest absolute Gasteiger partial charge is 0.469 e. The number of benzene rings is 1. The van der Waals surface area contributed by atoms with Gasteiger partial charge in [0.1, 0.15) is 0 Å². The number of carbonyl (C=O) groups is 1. The maximum absolute atomic E-state index is 12.1. The minimum absolute atomic E-state index is 0.00637. The molecule has 102 valence electrons. The molecule has 0 saturated carbocycles. The first-order valence-corrected chi connectivity index (χ1v) is 7.05. The van der Waals surface area contributed by atoms with E-state index >= 15 is 0 Å². The van der Waals surface area contributed by atoms with Crippen molar-refractivity contribution in [3.8, 4) is 0 Å². The molecule has 2 saturated heterocycles. The van der Waals surface area contributed by atoms with E-state index < -0.39 is 0 Å². The lowest BCUT2D eigenvalue weighted by Gasteiger charge is -2.35. The number of hydrogen-bond acceptors (Lipinski definition) is 3. The van der Waals surface area contributed by atoms with Gasteiger partial charge >= 0.3 is 5.97 Å². The minimum Gasteiger partial charge on any atom is -0.469 e. The van der Waals surface area contributed by atoms with Crippen LogP contribution in [0.2, 0.25) is 5.02 Å². The first-order chi connectivity index (χ1) is 9.19. The van der Waals surface area contributed by atoms with Crippen LogP contribution in [-0.2, 0) is 14.3 Å². The van der Waals surface area contributed by atoms with Crippen LogP contribution in [0.3, 0.4) is 0 Å². The Balaban J connectivity index is 1.92. The second-order valence-corrected chi connectivity index (χ2v) is 5.75. The van der Waals surface area contributed by atoms with Gasteiger partial charge in [-0.25, -0.2) is 0 Å². The third kappa shape index (κ3) is 2.37. The molecule has 3 nitrogen and oxygen atoms in total. The molecule has 1 aromatic carbocycles. The van der Waals surface area contributed by atoms with E-state index in [0.717, 1.165) is 24.8 Å². The summed E-state index contributed by atoms with van der Waals surface area (Å²) in [6.45, 7) is 0. The van der Waals surface area contributed by atoms with Crippen LogP contribution in [0.25, 0.3) is 0 Å². The van der Waals surface area contributed by atoms with E-state index in [4.69, 9.17) is 21.1 Å². The Kier molecular flexibility index (Phi) is 3.50. The molecule has 1 aromatic rings. The van der Waals surface area contributed by atoms with E-state index in [0.29, 0.717) is 5.02 Å². The number of carbonyl (C=O) groups excluding carboxylic acids is 1. The summed E-state index contributed by atoms with van der Waals surface area (Å²) in [5.41, 5.74) is 1.15. The van der Waals surface area contributed by atoms with Crippen LogP contribution in [0.1, 0.15) is 30.7 Å². The van der Waals surface area contributed by atoms with Gasteiger partial charge < -0.3 is 9.47 Å². The SMILES string of the molecule is COC(=O)[C@@H]1[C@@H]2CCC(C[C@H]1c1ccc(Cl)cc1)O2. The van der Waals surface area contributed by atoms with Crippen LogP contribution in [0.4, 0.5) is 0 Å². The molecule has 0 aliphatic carbocycles. The van der Waals surface area contributed by atoms with E-state index in [2.05, 4.69) is 0 Å². The molecule has 0 radical (unpaired) electrons. The predicted octanol–water partition coefficient (Wildman–Crippen LogP) is 3.16. The number of rotatable bonds is 2. The highest BCUT2D eigenvalue weighted by Crippen LogP contribution is 2.45. The highest BCUT2D eigenvalue weighted by Gasteiger charge is 2.47. The molecule has 2 fully saturated rings. The zero-order valence-electron chi connectivity index (χ0n) is 10.8. The van der Waals surface area contributed by atoms with Crippen LogP contribution in [0.5, 0.6) is 0 Å². The normalized spacial score (nSPS) is 33.2. The highest BCUT2D eigenvalue weighted by molar-refractivity contribution is 6.30. The molecular weight excluding hydrogens is 264 g/mol. The van der Waals surface area contributed by atoms with Crippen molar-refractivity contribution in [2.24, 2.45) is 5.92 Å². The van der Waals surface area contributed by atoms with Crippen molar-refractivity contribution in [3.63, 3.8) is 0 Å². The van der Waals surface area contributed by atoms with E-state index in [1.807, 2.05) is 24.3 Å². The smallest absolute Gasteiger partial charge is 0.311 e. The lowest BCUT2D eigenvalue weighted by Crippen LogP contribution is -2.39. The van der Waals surface area contributed by atoms with Crippen molar-refractivity contribution >= 4 is 17.6 Å². The van der Waals surface area contributed by atoms with Gasteiger partial charge in [0, 0.05) is 10.9 Å². The fourth-order valence-electron chi connectivity index (χ4n) is 3.37. The zero-order chi connectivity index (χ0) is 13.4. The molecule has 3 rings (SSSR count). The van der Waals surface area contributed by atoms with E-state index in [-0.39, 0.29) is 30.0 Å². The number of halogens is 1. The number of methoxy groups -OCH3 is 1. The van der Waals surface area contributed by atoms with Gasteiger partial charge in [0.15, 0.2) is 0 Å². The fraction of sp³-hybridized carbons (Fsp3) is 0.533. The number of hydrogen-bond donors (Lipinski definition) is 0. The zero-order valence-corrected chi connectivity index (χ0v) is 11.6. The van der Waals surface area contributed by atoms with Gasteiger partial charge in [-0.1, -0.05) is 23.7 Å². The molecule has 0 spiro atoms. The average Bonchev–Trinajstić information content (AvgIpc) is 2.80. The average molecular weight is 281 g/mol. The van der Waals surface area contributed by atoms with Crippen molar-refractivity contribution in [3.05, 3.63) is 34.9 Å². The Morgan fingerprint density at radius 2 is 2.05 bits per heavy atom. The summed E-state index contributed by atoms with van der Waals surface area (Å²) in [7, 11) is 1.45. The topological polar surface area (TPSA) is 35.5 Å². The second kappa shape index (κ2) is 5.14. The Labute approximate surface area is 117 Å². The number of fused-ring (bicyclic) bond motifs is 2. The summed E-state index contributed by atoms with van der Waals surface area (Å²) < 4.78 is 10.9. The number of ether oxygens (including phenoxy) is 2. The Bertz CT molecular complexity index is 471. The van der Waals surface area contributed by atoms with E-state index in [9.17, 15) is 4.79 Å². The van der Waals surface area contributed by atoms with E-state index in [1.165, 1.54) is 7.11 Å².